The van der Waals surface area contributed by atoms with Crippen LogP contribution in [0.3, 0.4) is 0 Å². The molecule has 4 nitrogen and oxygen atoms in total. The van der Waals surface area contributed by atoms with Gasteiger partial charge in [0.05, 0.1) is 5.56 Å². The van der Waals surface area contributed by atoms with Crippen molar-refractivity contribution in [2.24, 2.45) is 5.92 Å². The quantitative estimate of drug-likeness (QED) is 0.863. The minimum atomic E-state index is -0.885. The number of nitrogens with zero attached hydrogens (tertiary/aromatic N) is 2. The molecule has 1 aromatic rings. The van der Waals surface area contributed by atoms with Crippen LogP contribution in [0.15, 0.2) is 18.3 Å². The summed E-state index contributed by atoms with van der Waals surface area (Å²) in [5.74, 6) is 0.572. The fourth-order valence-corrected chi connectivity index (χ4v) is 2.81. The van der Waals surface area contributed by atoms with Crippen LogP contribution in [-0.2, 0) is 0 Å². The second-order valence-corrected chi connectivity index (χ2v) is 6.02. The summed E-state index contributed by atoms with van der Waals surface area (Å²) in [4.78, 5) is 17.8. The Morgan fingerprint density at radius 2 is 2.15 bits per heavy atom. The average molecular weight is 276 g/mol. The number of anilines is 1. The fraction of sp³-hybridized carbons (Fsp3) is 0.625. The maximum absolute atomic E-state index is 11.1. The van der Waals surface area contributed by atoms with Crippen LogP contribution in [0, 0.1) is 5.92 Å². The molecule has 1 aliphatic carbocycles. The van der Waals surface area contributed by atoms with E-state index in [1.54, 1.807) is 18.3 Å². The molecular weight excluding hydrogens is 252 g/mol. The van der Waals surface area contributed by atoms with Crippen LogP contribution >= 0.6 is 0 Å². The van der Waals surface area contributed by atoms with E-state index >= 15 is 0 Å². The van der Waals surface area contributed by atoms with E-state index in [2.05, 4.69) is 23.7 Å². The van der Waals surface area contributed by atoms with Crippen LogP contribution in [0.4, 0.5) is 5.82 Å². The summed E-state index contributed by atoms with van der Waals surface area (Å²) in [6.07, 6.45) is 7.63. The Bertz CT molecular complexity index is 454. The lowest BCUT2D eigenvalue weighted by Gasteiger charge is -2.31. The molecule has 0 saturated heterocycles. The first kappa shape index (κ1) is 14.8. The highest BCUT2D eigenvalue weighted by Gasteiger charge is 2.24. The Labute approximate surface area is 120 Å². The second kappa shape index (κ2) is 6.73. The van der Waals surface area contributed by atoms with Crippen LogP contribution in [0.1, 0.15) is 56.3 Å². The van der Waals surface area contributed by atoms with Crippen molar-refractivity contribution in [2.45, 2.75) is 52.0 Å². The van der Waals surface area contributed by atoms with Crippen molar-refractivity contribution in [3.05, 3.63) is 23.9 Å². The second-order valence-electron chi connectivity index (χ2n) is 6.02. The van der Waals surface area contributed by atoms with Gasteiger partial charge in [0.15, 0.2) is 0 Å². The maximum Gasteiger partial charge on any atom is 0.335 e. The Hall–Kier alpha value is -1.58. The van der Waals surface area contributed by atoms with Crippen molar-refractivity contribution in [2.75, 3.05) is 11.4 Å². The van der Waals surface area contributed by atoms with E-state index in [9.17, 15) is 4.79 Å². The van der Waals surface area contributed by atoms with E-state index in [0.717, 1.165) is 18.8 Å². The van der Waals surface area contributed by atoms with Crippen LogP contribution in [0.2, 0.25) is 0 Å². The monoisotopic (exact) mass is 276 g/mol. The van der Waals surface area contributed by atoms with Gasteiger partial charge in [0.25, 0.3) is 0 Å². The smallest absolute Gasteiger partial charge is 0.335 e. The van der Waals surface area contributed by atoms with Crippen LogP contribution in [0.25, 0.3) is 0 Å². The lowest BCUT2D eigenvalue weighted by atomic mass is 10.1. The number of pyridine rings is 1. The van der Waals surface area contributed by atoms with Gasteiger partial charge in [-0.25, -0.2) is 9.78 Å². The molecular formula is C16H24N2O2. The Balaban J connectivity index is 2.20. The number of hydrogen-bond acceptors (Lipinski definition) is 3. The molecule has 0 amide bonds. The highest BCUT2D eigenvalue weighted by Crippen LogP contribution is 2.28. The molecule has 2 rings (SSSR count). The van der Waals surface area contributed by atoms with Crippen LogP contribution in [-0.4, -0.2) is 28.6 Å². The molecule has 0 aromatic carbocycles. The van der Waals surface area contributed by atoms with Gasteiger partial charge in [-0.2, -0.15) is 0 Å². The van der Waals surface area contributed by atoms with Crippen molar-refractivity contribution in [3.8, 4) is 0 Å². The zero-order valence-electron chi connectivity index (χ0n) is 12.4. The number of carbonyl (C=O) groups is 1. The molecule has 0 spiro atoms. The van der Waals surface area contributed by atoms with E-state index < -0.39 is 5.97 Å². The third kappa shape index (κ3) is 3.71. The number of rotatable bonds is 6. The van der Waals surface area contributed by atoms with Crippen molar-refractivity contribution in [3.63, 3.8) is 0 Å². The molecule has 0 radical (unpaired) electrons. The third-order valence-electron chi connectivity index (χ3n) is 4.00. The number of aromatic nitrogens is 1. The highest BCUT2D eigenvalue weighted by atomic mass is 16.4. The minimum Gasteiger partial charge on any atom is -0.478 e. The standard InChI is InChI=1S/C16H24N2O2/c1-12(2)8-10-18(14-5-3-4-6-14)15-11-13(16(19)20)7-9-17-15/h7,9,11-12,14H,3-6,8,10H2,1-2H3,(H,19,20). The number of hydrogen-bond donors (Lipinski definition) is 1. The molecule has 1 saturated carbocycles. The molecule has 0 bridgehead atoms. The molecule has 1 aliphatic rings. The van der Waals surface area contributed by atoms with Gasteiger partial charge in [-0.1, -0.05) is 26.7 Å². The van der Waals surface area contributed by atoms with E-state index in [1.807, 2.05) is 0 Å². The van der Waals surface area contributed by atoms with Gasteiger partial charge < -0.3 is 10.0 Å². The molecule has 0 unspecified atom stereocenters. The van der Waals surface area contributed by atoms with E-state index in [-0.39, 0.29) is 0 Å². The first-order valence-corrected chi connectivity index (χ1v) is 7.54. The summed E-state index contributed by atoms with van der Waals surface area (Å²) in [7, 11) is 0. The van der Waals surface area contributed by atoms with E-state index in [1.165, 1.54) is 25.7 Å². The van der Waals surface area contributed by atoms with Gasteiger partial charge in [-0.3, -0.25) is 0 Å². The highest BCUT2D eigenvalue weighted by molar-refractivity contribution is 5.88. The van der Waals surface area contributed by atoms with E-state index in [4.69, 9.17) is 5.11 Å². The molecule has 1 N–H and O–H groups in total. The fourth-order valence-electron chi connectivity index (χ4n) is 2.81. The van der Waals surface area contributed by atoms with Gasteiger partial charge in [0.2, 0.25) is 0 Å². The van der Waals surface area contributed by atoms with Crippen LogP contribution in [0.5, 0.6) is 0 Å². The van der Waals surface area contributed by atoms with E-state index in [0.29, 0.717) is 17.5 Å². The topological polar surface area (TPSA) is 53.4 Å². The predicted octanol–water partition coefficient (Wildman–Crippen LogP) is 3.57. The zero-order chi connectivity index (χ0) is 14.5. The van der Waals surface area contributed by atoms with Gasteiger partial charge in [0.1, 0.15) is 5.82 Å². The summed E-state index contributed by atoms with van der Waals surface area (Å²) in [5.41, 5.74) is 0.322. The molecule has 110 valence electrons. The Morgan fingerprint density at radius 1 is 1.45 bits per heavy atom. The normalized spacial score (nSPS) is 15.8. The Morgan fingerprint density at radius 3 is 2.75 bits per heavy atom. The molecule has 0 aliphatic heterocycles. The SMILES string of the molecule is CC(C)CCN(c1cc(C(=O)O)ccn1)C1CCCC1. The van der Waals surface area contributed by atoms with Crippen molar-refractivity contribution < 1.29 is 9.90 Å². The van der Waals surface area contributed by atoms with Crippen molar-refractivity contribution >= 4 is 11.8 Å². The van der Waals surface area contributed by atoms with Gasteiger partial charge >= 0.3 is 5.97 Å². The van der Waals surface area contributed by atoms with Gasteiger partial charge in [-0.15, -0.1) is 0 Å². The summed E-state index contributed by atoms with van der Waals surface area (Å²) in [6, 6.07) is 3.78. The summed E-state index contributed by atoms with van der Waals surface area (Å²) >= 11 is 0. The van der Waals surface area contributed by atoms with Gasteiger partial charge in [-0.05, 0) is 37.3 Å². The summed E-state index contributed by atoms with van der Waals surface area (Å²) in [6.45, 7) is 5.39. The molecule has 0 atom stereocenters. The number of carboxylic acids is 1. The molecule has 1 heterocycles. The molecule has 1 aromatic heterocycles. The average Bonchev–Trinajstić information content (AvgIpc) is 2.93. The third-order valence-corrected chi connectivity index (χ3v) is 4.00. The molecule has 4 heteroatoms. The first-order valence-electron chi connectivity index (χ1n) is 7.54. The lowest BCUT2D eigenvalue weighted by Crippen LogP contribution is -2.35. The molecule has 20 heavy (non-hydrogen) atoms. The molecule has 1 fully saturated rings. The summed E-state index contributed by atoms with van der Waals surface area (Å²) in [5, 5.41) is 9.13. The summed E-state index contributed by atoms with van der Waals surface area (Å²) < 4.78 is 0. The number of aromatic carboxylic acids is 1. The first-order chi connectivity index (χ1) is 9.58. The maximum atomic E-state index is 11.1. The van der Waals surface area contributed by atoms with Gasteiger partial charge in [0, 0.05) is 18.8 Å². The Kier molecular flexibility index (Phi) is 4.99. The van der Waals surface area contributed by atoms with Crippen molar-refractivity contribution in [1.29, 1.82) is 0 Å². The largest absolute Gasteiger partial charge is 0.478 e. The van der Waals surface area contributed by atoms with Crippen LogP contribution < -0.4 is 4.90 Å². The number of carboxylic acid groups (broad SMARTS) is 1. The predicted molar refractivity (Wildman–Crippen MR) is 80.3 cm³/mol. The minimum absolute atomic E-state index is 0.322. The van der Waals surface area contributed by atoms with Crippen molar-refractivity contribution in [1.82, 2.24) is 4.98 Å². The lowest BCUT2D eigenvalue weighted by molar-refractivity contribution is 0.0696. The zero-order valence-corrected chi connectivity index (χ0v) is 12.4.